The van der Waals surface area contributed by atoms with Gasteiger partial charge in [-0.25, -0.2) is 0 Å². The molecule has 0 amide bonds. The first-order chi connectivity index (χ1) is 6.39. The van der Waals surface area contributed by atoms with Crippen LogP contribution in [0, 0.1) is 0 Å². The average Bonchev–Trinajstić information content (AvgIpc) is 2.02. The Bertz CT molecular complexity index is 344. The van der Waals surface area contributed by atoms with Crippen molar-refractivity contribution in [3.8, 4) is 0 Å². The van der Waals surface area contributed by atoms with E-state index in [0.29, 0.717) is 0 Å². The Morgan fingerprint density at radius 2 is 2.21 bits per heavy atom. The van der Waals surface area contributed by atoms with Crippen LogP contribution < -0.4 is 0 Å². The van der Waals surface area contributed by atoms with Crippen LogP contribution in [0.4, 0.5) is 0 Å². The number of nitrogens with zero attached hydrogens (tertiary/aromatic N) is 1. The maximum atomic E-state index is 11.5. The summed E-state index contributed by atoms with van der Waals surface area (Å²) >= 11 is 3.27. The number of ketones is 1. The molecule has 1 N–H and O–H groups in total. The van der Waals surface area contributed by atoms with Gasteiger partial charge in [0.1, 0.15) is 5.60 Å². The predicted molar refractivity (Wildman–Crippen MR) is 56.9 cm³/mol. The third kappa shape index (κ3) is 3.20. The molecular weight excluding hydrogens is 246 g/mol. The molecule has 1 rings (SSSR count). The first-order valence-electron chi connectivity index (χ1n) is 4.24. The van der Waals surface area contributed by atoms with Crippen LogP contribution in [0.25, 0.3) is 0 Å². The molecule has 0 fully saturated rings. The van der Waals surface area contributed by atoms with Crippen molar-refractivity contribution >= 4 is 21.7 Å². The second-order valence-electron chi connectivity index (χ2n) is 3.67. The van der Waals surface area contributed by atoms with Crippen molar-refractivity contribution in [3.63, 3.8) is 0 Å². The molecule has 3 nitrogen and oxygen atoms in total. The largest absolute Gasteiger partial charge is 0.383 e. The van der Waals surface area contributed by atoms with Crippen LogP contribution in [0.3, 0.4) is 0 Å². The lowest BCUT2D eigenvalue weighted by Gasteiger charge is -2.15. The van der Waals surface area contributed by atoms with Gasteiger partial charge in [-0.2, -0.15) is 0 Å². The lowest BCUT2D eigenvalue weighted by Crippen LogP contribution is -2.32. The van der Waals surface area contributed by atoms with Crippen LogP contribution in [-0.4, -0.2) is 21.5 Å². The molecule has 0 bridgehead atoms. The number of carbonyl (C=O) groups excluding carboxylic acids is 1. The van der Waals surface area contributed by atoms with Gasteiger partial charge in [0.15, 0.2) is 5.78 Å². The van der Waals surface area contributed by atoms with E-state index in [-0.39, 0.29) is 12.2 Å². The number of hydrogen-bond donors (Lipinski definition) is 1. The van der Waals surface area contributed by atoms with E-state index in [4.69, 9.17) is 0 Å². The lowest BCUT2D eigenvalue weighted by atomic mass is 9.98. The van der Waals surface area contributed by atoms with Crippen molar-refractivity contribution in [2.45, 2.75) is 25.9 Å². The minimum Gasteiger partial charge on any atom is -0.383 e. The van der Waals surface area contributed by atoms with Crippen LogP contribution in [0.15, 0.2) is 22.9 Å². The van der Waals surface area contributed by atoms with Gasteiger partial charge in [0, 0.05) is 23.3 Å². The van der Waals surface area contributed by atoms with E-state index in [1.54, 1.807) is 12.4 Å². The molecule has 0 unspecified atom stereocenters. The Balaban J connectivity index is 2.75. The molecule has 0 saturated heterocycles. The van der Waals surface area contributed by atoms with Crippen molar-refractivity contribution in [2.75, 3.05) is 0 Å². The third-order valence-corrected chi connectivity index (χ3v) is 2.24. The van der Waals surface area contributed by atoms with E-state index < -0.39 is 5.60 Å². The zero-order valence-corrected chi connectivity index (χ0v) is 9.71. The molecule has 0 aliphatic carbocycles. The quantitative estimate of drug-likeness (QED) is 0.898. The van der Waals surface area contributed by atoms with Gasteiger partial charge >= 0.3 is 0 Å². The summed E-state index contributed by atoms with van der Waals surface area (Å²) in [5.41, 5.74) is -0.478. The van der Waals surface area contributed by atoms with Gasteiger partial charge in [0.2, 0.25) is 0 Å². The fourth-order valence-electron chi connectivity index (χ4n) is 0.954. The number of rotatable bonds is 3. The van der Waals surface area contributed by atoms with E-state index in [0.717, 1.165) is 10.0 Å². The Labute approximate surface area is 91.3 Å². The first kappa shape index (κ1) is 11.3. The molecule has 76 valence electrons. The molecule has 0 spiro atoms. The third-order valence-electron chi connectivity index (χ3n) is 1.81. The first-order valence-corrected chi connectivity index (χ1v) is 5.04. The topological polar surface area (TPSA) is 50.2 Å². The van der Waals surface area contributed by atoms with Gasteiger partial charge in [0.25, 0.3) is 0 Å². The SMILES string of the molecule is CC(C)(O)C(=O)Cc1cncc(Br)c1. The minimum atomic E-state index is -1.28. The van der Waals surface area contributed by atoms with Crippen LogP contribution in [0.5, 0.6) is 0 Å². The second-order valence-corrected chi connectivity index (χ2v) is 4.59. The molecule has 1 aromatic rings. The predicted octanol–water partition coefficient (Wildman–Crippen LogP) is 1.73. The molecule has 1 aromatic heterocycles. The van der Waals surface area contributed by atoms with Gasteiger partial charge in [-0.15, -0.1) is 0 Å². The standard InChI is InChI=1S/C10H12BrNO2/c1-10(2,14)9(13)4-7-3-8(11)6-12-5-7/h3,5-6,14H,4H2,1-2H3. The molecule has 0 aliphatic heterocycles. The highest BCUT2D eigenvalue weighted by atomic mass is 79.9. The molecule has 1 heterocycles. The second kappa shape index (κ2) is 4.19. The monoisotopic (exact) mass is 257 g/mol. The molecule has 0 aliphatic rings. The highest BCUT2D eigenvalue weighted by Crippen LogP contribution is 2.13. The molecular formula is C10H12BrNO2. The number of Topliss-reactive ketones (excluding diaryl/α,β-unsaturated/α-hetero) is 1. The summed E-state index contributed by atoms with van der Waals surface area (Å²) in [5.74, 6) is -0.211. The van der Waals surface area contributed by atoms with Crippen LogP contribution >= 0.6 is 15.9 Å². The van der Waals surface area contributed by atoms with E-state index in [2.05, 4.69) is 20.9 Å². The number of halogens is 1. The zero-order chi connectivity index (χ0) is 10.8. The van der Waals surface area contributed by atoms with Crippen molar-refractivity contribution in [1.29, 1.82) is 0 Å². The Morgan fingerprint density at radius 1 is 1.57 bits per heavy atom. The molecule has 0 saturated carbocycles. The van der Waals surface area contributed by atoms with E-state index in [1.807, 2.05) is 6.07 Å². The summed E-state index contributed by atoms with van der Waals surface area (Å²) in [4.78, 5) is 15.4. The summed E-state index contributed by atoms with van der Waals surface area (Å²) in [6, 6.07) is 1.82. The highest BCUT2D eigenvalue weighted by Gasteiger charge is 2.23. The fourth-order valence-corrected chi connectivity index (χ4v) is 1.37. The maximum absolute atomic E-state index is 11.5. The van der Waals surface area contributed by atoms with Gasteiger partial charge in [-0.05, 0) is 41.4 Å². The molecule has 0 atom stereocenters. The summed E-state index contributed by atoms with van der Waals surface area (Å²) in [5, 5.41) is 9.44. The summed E-state index contributed by atoms with van der Waals surface area (Å²) in [6.07, 6.45) is 3.47. The Hall–Kier alpha value is -0.740. The zero-order valence-electron chi connectivity index (χ0n) is 8.12. The summed E-state index contributed by atoms with van der Waals surface area (Å²) in [7, 11) is 0. The maximum Gasteiger partial charge on any atom is 0.168 e. The van der Waals surface area contributed by atoms with Crippen molar-refractivity contribution in [3.05, 3.63) is 28.5 Å². The Morgan fingerprint density at radius 3 is 2.71 bits per heavy atom. The molecule has 0 radical (unpaired) electrons. The average molecular weight is 258 g/mol. The normalized spacial score (nSPS) is 11.4. The molecule has 4 heteroatoms. The number of aromatic nitrogens is 1. The lowest BCUT2D eigenvalue weighted by molar-refractivity contribution is -0.133. The van der Waals surface area contributed by atoms with Gasteiger partial charge in [-0.3, -0.25) is 9.78 Å². The van der Waals surface area contributed by atoms with Gasteiger partial charge in [-0.1, -0.05) is 0 Å². The Kier molecular flexibility index (Phi) is 3.39. The minimum absolute atomic E-state index is 0.204. The van der Waals surface area contributed by atoms with Crippen LogP contribution in [0.1, 0.15) is 19.4 Å². The van der Waals surface area contributed by atoms with E-state index in [9.17, 15) is 9.90 Å². The van der Waals surface area contributed by atoms with Gasteiger partial charge in [0.05, 0.1) is 0 Å². The van der Waals surface area contributed by atoms with E-state index >= 15 is 0 Å². The van der Waals surface area contributed by atoms with Crippen molar-refractivity contribution in [2.24, 2.45) is 0 Å². The fraction of sp³-hybridized carbons (Fsp3) is 0.400. The van der Waals surface area contributed by atoms with Crippen LogP contribution in [0.2, 0.25) is 0 Å². The molecule has 14 heavy (non-hydrogen) atoms. The van der Waals surface area contributed by atoms with Crippen LogP contribution in [-0.2, 0) is 11.2 Å². The van der Waals surface area contributed by atoms with Gasteiger partial charge < -0.3 is 5.11 Å². The number of carbonyl (C=O) groups is 1. The number of aliphatic hydroxyl groups is 1. The summed E-state index contributed by atoms with van der Waals surface area (Å²) in [6.45, 7) is 2.97. The van der Waals surface area contributed by atoms with E-state index in [1.165, 1.54) is 13.8 Å². The molecule has 0 aromatic carbocycles. The smallest absolute Gasteiger partial charge is 0.168 e. The van der Waals surface area contributed by atoms with Crippen molar-refractivity contribution < 1.29 is 9.90 Å². The van der Waals surface area contributed by atoms with Crippen molar-refractivity contribution in [1.82, 2.24) is 4.98 Å². The summed E-state index contributed by atoms with van der Waals surface area (Å²) < 4.78 is 0.832. The highest BCUT2D eigenvalue weighted by molar-refractivity contribution is 9.10. The number of hydrogen-bond acceptors (Lipinski definition) is 3. The number of pyridine rings is 1.